The van der Waals surface area contributed by atoms with E-state index in [9.17, 15) is 14.7 Å². The monoisotopic (exact) mass is 438 g/mol. The summed E-state index contributed by atoms with van der Waals surface area (Å²) in [6.45, 7) is 7.74. The minimum absolute atomic E-state index is 0.0201. The van der Waals surface area contributed by atoms with Gasteiger partial charge in [0.25, 0.3) is 11.7 Å². The third-order valence-electron chi connectivity index (χ3n) is 5.61. The number of hydrogen-bond acceptors (Lipinski definition) is 7. The van der Waals surface area contributed by atoms with Crippen molar-refractivity contribution >= 4 is 17.4 Å². The van der Waals surface area contributed by atoms with Gasteiger partial charge in [0.2, 0.25) is 0 Å². The fourth-order valence-electron chi connectivity index (χ4n) is 3.95. The first-order chi connectivity index (χ1) is 15.6. The SMILES string of the molecule is C=CCOc1ccc(/C(O)=C2\C(=O)C(=O)N(CCN3CCOCC3)[C@@H]2c2ccco2)cc1. The van der Waals surface area contributed by atoms with Crippen molar-refractivity contribution in [2.45, 2.75) is 6.04 Å². The van der Waals surface area contributed by atoms with Gasteiger partial charge in [0.1, 0.15) is 29.9 Å². The van der Waals surface area contributed by atoms with Crippen LogP contribution in [0.5, 0.6) is 5.75 Å². The number of furan rings is 1. The number of amides is 1. The zero-order valence-corrected chi connectivity index (χ0v) is 17.7. The average molecular weight is 438 g/mol. The Morgan fingerprint density at radius 1 is 1.16 bits per heavy atom. The molecule has 2 saturated heterocycles. The molecule has 0 aliphatic carbocycles. The summed E-state index contributed by atoms with van der Waals surface area (Å²) in [5, 5.41) is 11.0. The molecule has 0 unspecified atom stereocenters. The summed E-state index contributed by atoms with van der Waals surface area (Å²) >= 11 is 0. The number of rotatable bonds is 8. The van der Waals surface area contributed by atoms with Gasteiger partial charge in [-0.3, -0.25) is 14.5 Å². The smallest absolute Gasteiger partial charge is 0.295 e. The molecule has 8 nitrogen and oxygen atoms in total. The average Bonchev–Trinajstić information content (AvgIpc) is 3.44. The molecule has 1 aromatic carbocycles. The van der Waals surface area contributed by atoms with E-state index < -0.39 is 17.7 Å². The normalized spacial score (nSPS) is 21.1. The van der Waals surface area contributed by atoms with Crippen LogP contribution in [0.15, 0.2) is 65.3 Å². The van der Waals surface area contributed by atoms with Crippen LogP contribution in [0.25, 0.3) is 5.76 Å². The van der Waals surface area contributed by atoms with E-state index in [0.717, 1.165) is 13.1 Å². The molecule has 3 heterocycles. The highest BCUT2D eigenvalue weighted by Crippen LogP contribution is 2.39. The van der Waals surface area contributed by atoms with Gasteiger partial charge in [0, 0.05) is 31.7 Å². The van der Waals surface area contributed by atoms with Crippen molar-refractivity contribution in [1.82, 2.24) is 9.80 Å². The Balaban J connectivity index is 1.64. The number of ether oxygens (including phenoxy) is 2. The van der Waals surface area contributed by atoms with E-state index in [0.29, 0.717) is 50.0 Å². The molecule has 0 bridgehead atoms. The lowest BCUT2D eigenvalue weighted by Crippen LogP contribution is -2.42. The number of carbonyl (C=O) groups is 2. The Hall–Kier alpha value is -3.36. The van der Waals surface area contributed by atoms with Crippen LogP contribution in [0.4, 0.5) is 0 Å². The van der Waals surface area contributed by atoms with Crippen molar-refractivity contribution in [2.24, 2.45) is 0 Å². The minimum Gasteiger partial charge on any atom is -0.507 e. The molecule has 8 heteroatoms. The highest BCUT2D eigenvalue weighted by atomic mass is 16.5. The van der Waals surface area contributed by atoms with Gasteiger partial charge in [-0.25, -0.2) is 0 Å². The predicted molar refractivity (Wildman–Crippen MR) is 117 cm³/mol. The molecule has 2 aromatic rings. The molecular formula is C24H26N2O6. The number of likely N-dealkylation sites (tertiary alicyclic amines) is 1. The Labute approximate surface area is 186 Å². The topological polar surface area (TPSA) is 92.5 Å². The summed E-state index contributed by atoms with van der Waals surface area (Å²) < 4.78 is 16.4. The van der Waals surface area contributed by atoms with E-state index >= 15 is 0 Å². The van der Waals surface area contributed by atoms with Gasteiger partial charge >= 0.3 is 0 Å². The van der Waals surface area contributed by atoms with E-state index in [-0.39, 0.29) is 11.3 Å². The quantitative estimate of drug-likeness (QED) is 0.293. The summed E-state index contributed by atoms with van der Waals surface area (Å²) in [5.74, 6) is -0.576. The van der Waals surface area contributed by atoms with Crippen LogP contribution in [-0.4, -0.2) is 72.6 Å². The van der Waals surface area contributed by atoms with Gasteiger partial charge < -0.3 is 23.9 Å². The molecule has 1 amide bonds. The van der Waals surface area contributed by atoms with E-state index in [2.05, 4.69) is 11.5 Å². The van der Waals surface area contributed by atoms with Crippen LogP contribution < -0.4 is 4.74 Å². The Morgan fingerprint density at radius 2 is 1.91 bits per heavy atom. The molecule has 32 heavy (non-hydrogen) atoms. The highest BCUT2D eigenvalue weighted by molar-refractivity contribution is 6.46. The molecule has 0 radical (unpaired) electrons. The number of ketones is 1. The molecule has 4 rings (SSSR count). The molecule has 2 aliphatic rings. The van der Waals surface area contributed by atoms with Crippen molar-refractivity contribution in [3.63, 3.8) is 0 Å². The van der Waals surface area contributed by atoms with Crippen molar-refractivity contribution < 1.29 is 28.6 Å². The predicted octanol–water partition coefficient (Wildman–Crippen LogP) is 2.60. The third-order valence-corrected chi connectivity index (χ3v) is 5.61. The first-order valence-electron chi connectivity index (χ1n) is 10.6. The number of Topliss-reactive ketones (excluding diaryl/α,β-unsaturated/α-hetero) is 1. The molecule has 1 atom stereocenters. The number of carbonyl (C=O) groups excluding carboxylic acids is 2. The van der Waals surface area contributed by atoms with Crippen LogP contribution >= 0.6 is 0 Å². The number of hydrogen-bond donors (Lipinski definition) is 1. The Kier molecular flexibility index (Phi) is 6.72. The molecule has 0 spiro atoms. The van der Waals surface area contributed by atoms with Gasteiger partial charge in [-0.2, -0.15) is 0 Å². The lowest BCUT2D eigenvalue weighted by atomic mass is 9.99. The van der Waals surface area contributed by atoms with Crippen LogP contribution in [0.3, 0.4) is 0 Å². The van der Waals surface area contributed by atoms with Gasteiger partial charge in [-0.05, 0) is 36.4 Å². The zero-order chi connectivity index (χ0) is 22.5. The van der Waals surface area contributed by atoms with Crippen LogP contribution in [0.1, 0.15) is 17.4 Å². The van der Waals surface area contributed by atoms with Gasteiger partial charge in [0.15, 0.2) is 0 Å². The largest absolute Gasteiger partial charge is 0.507 e. The molecule has 0 saturated carbocycles. The van der Waals surface area contributed by atoms with Crippen LogP contribution in [0, 0.1) is 0 Å². The molecule has 1 N–H and O–H groups in total. The van der Waals surface area contributed by atoms with Crippen molar-refractivity contribution in [3.8, 4) is 5.75 Å². The first-order valence-corrected chi connectivity index (χ1v) is 10.6. The van der Waals surface area contributed by atoms with Gasteiger partial charge in [-0.15, -0.1) is 0 Å². The molecule has 2 aliphatic heterocycles. The molecular weight excluding hydrogens is 412 g/mol. The van der Waals surface area contributed by atoms with Crippen LogP contribution in [-0.2, 0) is 14.3 Å². The number of morpholine rings is 1. The number of nitrogens with zero attached hydrogens (tertiary/aromatic N) is 2. The molecule has 2 fully saturated rings. The standard InChI is InChI=1S/C24H26N2O6/c1-2-13-31-18-7-5-17(6-8-18)22(27)20-21(19-4-3-14-32-19)26(24(29)23(20)28)10-9-25-11-15-30-16-12-25/h2-8,14,21,27H,1,9-13,15-16H2/b22-20+/t21-/m1/s1. The van der Waals surface area contributed by atoms with Crippen molar-refractivity contribution in [1.29, 1.82) is 0 Å². The molecule has 1 aromatic heterocycles. The third kappa shape index (κ3) is 4.46. The summed E-state index contributed by atoms with van der Waals surface area (Å²) in [7, 11) is 0. The minimum atomic E-state index is -0.789. The van der Waals surface area contributed by atoms with Gasteiger partial charge in [0.05, 0.1) is 25.1 Å². The maximum absolute atomic E-state index is 13.0. The van der Waals surface area contributed by atoms with E-state index in [1.165, 1.54) is 11.2 Å². The zero-order valence-electron chi connectivity index (χ0n) is 17.7. The number of aliphatic hydroxyl groups excluding tert-OH is 1. The second-order valence-corrected chi connectivity index (χ2v) is 7.59. The van der Waals surface area contributed by atoms with E-state index in [1.807, 2.05) is 0 Å². The maximum Gasteiger partial charge on any atom is 0.295 e. The number of aliphatic hydroxyl groups is 1. The second-order valence-electron chi connectivity index (χ2n) is 7.59. The van der Waals surface area contributed by atoms with E-state index in [1.54, 1.807) is 42.5 Å². The van der Waals surface area contributed by atoms with Gasteiger partial charge in [-0.1, -0.05) is 12.7 Å². The number of benzene rings is 1. The Morgan fingerprint density at radius 3 is 2.56 bits per heavy atom. The summed E-state index contributed by atoms with van der Waals surface area (Å²) in [6.07, 6.45) is 3.12. The highest BCUT2D eigenvalue weighted by Gasteiger charge is 2.47. The fraction of sp³-hybridized carbons (Fsp3) is 0.333. The maximum atomic E-state index is 13.0. The summed E-state index contributed by atoms with van der Waals surface area (Å²) in [4.78, 5) is 29.6. The van der Waals surface area contributed by atoms with Crippen LogP contribution in [0.2, 0.25) is 0 Å². The summed E-state index contributed by atoms with van der Waals surface area (Å²) in [5.41, 5.74) is 0.436. The first kappa shape index (κ1) is 21.9. The second kappa shape index (κ2) is 9.84. The van der Waals surface area contributed by atoms with Crippen molar-refractivity contribution in [3.05, 3.63) is 72.2 Å². The lowest BCUT2D eigenvalue weighted by molar-refractivity contribution is -0.140. The molecule has 168 valence electrons. The van der Waals surface area contributed by atoms with Crippen molar-refractivity contribution in [2.75, 3.05) is 46.0 Å². The van der Waals surface area contributed by atoms with E-state index in [4.69, 9.17) is 13.9 Å². The fourth-order valence-corrected chi connectivity index (χ4v) is 3.95. The Bertz CT molecular complexity index is 990. The lowest BCUT2D eigenvalue weighted by Gasteiger charge is -2.30. The summed E-state index contributed by atoms with van der Waals surface area (Å²) in [6, 6.07) is 9.29.